The number of aromatic nitrogens is 4. The van der Waals surface area contributed by atoms with E-state index in [1.807, 2.05) is 4.57 Å². The largest absolute Gasteiger partial charge is 0.477 e. The number of carboxylic acid groups (broad SMARTS) is 1. The van der Waals surface area contributed by atoms with Crippen molar-refractivity contribution in [3.63, 3.8) is 0 Å². The number of carbonyl (C=O) groups is 2. The molecule has 9 heteroatoms. The predicted octanol–water partition coefficient (Wildman–Crippen LogP) is 0.419. The van der Waals surface area contributed by atoms with Gasteiger partial charge in [-0.05, 0) is 12.1 Å². The Hall–Kier alpha value is -2.97. The highest BCUT2D eigenvalue weighted by Crippen LogP contribution is 2.12. The highest BCUT2D eigenvalue weighted by atomic mass is 16.4. The van der Waals surface area contributed by atoms with Crippen molar-refractivity contribution in [2.45, 2.75) is 13.1 Å². The Bertz CT molecular complexity index is 681. The van der Waals surface area contributed by atoms with Gasteiger partial charge in [0.2, 0.25) is 0 Å². The molecule has 0 saturated heterocycles. The normalized spacial score (nSPS) is 13.6. The Morgan fingerprint density at radius 2 is 2.14 bits per heavy atom. The quantitative estimate of drug-likeness (QED) is 0.828. The minimum Gasteiger partial charge on any atom is -0.477 e. The lowest BCUT2D eigenvalue weighted by atomic mass is 10.3. The second-order valence-corrected chi connectivity index (χ2v) is 4.53. The number of hydrogen-bond donors (Lipinski definition) is 2. The number of nitrogens with zero attached hydrogens (tertiary/aromatic N) is 5. The van der Waals surface area contributed by atoms with E-state index in [4.69, 9.17) is 5.11 Å². The Balaban J connectivity index is 1.65. The maximum Gasteiger partial charge on any atom is 0.354 e. The van der Waals surface area contributed by atoms with Crippen molar-refractivity contribution >= 4 is 17.7 Å². The summed E-state index contributed by atoms with van der Waals surface area (Å²) in [6.07, 6.45) is 2.95. The van der Waals surface area contributed by atoms with Gasteiger partial charge in [0.05, 0.1) is 18.4 Å². The van der Waals surface area contributed by atoms with Crippen molar-refractivity contribution in [1.29, 1.82) is 0 Å². The third kappa shape index (κ3) is 2.66. The van der Waals surface area contributed by atoms with Crippen LogP contribution in [0.4, 0.5) is 10.5 Å². The molecule has 9 nitrogen and oxygen atoms in total. The summed E-state index contributed by atoms with van der Waals surface area (Å²) in [6, 6.07) is 2.56. The Morgan fingerprint density at radius 1 is 1.29 bits per heavy atom. The Morgan fingerprint density at radius 3 is 2.86 bits per heavy atom. The van der Waals surface area contributed by atoms with E-state index in [1.54, 1.807) is 11.2 Å². The zero-order valence-corrected chi connectivity index (χ0v) is 10.9. The fraction of sp³-hybridized carbons (Fsp3) is 0.250. The lowest BCUT2D eigenvalue weighted by Gasteiger charge is -2.27. The molecule has 2 amide bonds. The van der Waals surface area contributed by atoms with E-state index in [2.05, 4.69) is 20.5 Å². The molecule has 0 spiro atoms. The molecule has 0 atom stereocenters. The summed E-state index contributed by atoms with van der Waals surface area (Å²) in [7, 11) is 0. The second-order valence-electron chi connectivity index (χ2n) is 4.53. The van der Waals surface area contributed by atoms with Crippen LogP contribution in [0.3, 0.4) is 0 Å². The molecule has 3 rings (SSSR count). The molecule has 1 aliphatic rings. The van der Waals surface area contributed by atoms with Gasteiger partial charge >= 0.3 is 12.0 Å². The molecule has 108 valence electrons. The summed E-state index contributed by atoms with van der Waals surface area (Å²) < 4.78 is 1.90. The van der Waals surface area contributed by atoms with E-state index in [0.29, 0.717) is 25.3 Å². The zero-order chi connectivity index (χ0) is 14.8. The van der Waals surface area contributed by atoms with Gasteiger partial charge in [-0.3, -0.25) is 0 Å². The van der Waals surface area contributed by atoms with Crippen LogP contribution in [0.2, 0.25) is 0 Å². The molecule has 0 aromatic carbocycles. The molecule has 1 aliphatic heterocycles. The molecule has 2 N–H and O–H groups in total. The van der Waals surface area contributed by atoms with Gasteiger partial charge in [0.15, 0.2) is 5.82 Å². The van der Waals surface area contributed by atoms with Crippen molar-refractivity contribution in [3.8, 4) is 0 Å². The number of fused-ring (bicyclic) bond motifs is 1. The summed E-state index contributed by atoms with van der Waals surface area (Å²) >= 11 is 0. The monoisotopic (exact) mass is 288 g/mol. The molecule has 0 aliphatic carbocycles. The molecule has 21 heavy (non-hydrogen) atoms. The Labute approximate surface area is 119 Å². The van der Waals surface area contributed by atoms with E-state index >= 15 is 0 Å². The highest BCUT2D eigenvalue weighted by molar-refractivity contribution is 5.90. The first kappa shape index (κ1) is 13.0. The Kier molecular flexibility index (Phi) is 3.22. The van der Waals surface area contributed by atoms with E-state index in [-0.39, 0.29) is 11.7 Å². The fourth-order valence-electron chi connectivity index (χ4n) is 2.04. The standard InChI is InChI=1S/C12H12N6O3/c19-11(20)9-2-1-8(5-13-9)15-12(21)17-3-4-18-7-14-16-10(18)6-17/h1-2,5,7H,3-4,6H2,(H,15,21)(H,19,20). The summed E-state index contributed by atoms with van der Waals surface area (Å²) in [5, 5.41) is 19.2. The molecule has 2 aromatic rings. The van der Waals surface area contributed by atoms with Gasteiger partial charge in [-0.2, -0.15) is 0 Å². The van der Waals surface area contributed by atoms with Gasteiger partial charge in [-0.1, -0.05) is 0 Å². The van der Waals surface area contributed by atoms with Gasteiger partial charge in [-0.15, -0.1) is 10.2 Å². The molecule has 0 unspecified atom stereocenters. The molecule has 0 fully saturated rings. The third-order valence-electron chi connectivity index (χ3n) is 3.16. The van der Waals surface area contributed by atoms with Gasteiger partial charge < -0.3 is 19.9 Å². The van der Waals surface area contributed by atoms with E-state index < -0.39 is 5.97 Å². The van der Waals surface area contributed by atoms with E-state index in [1.165, 1.54) is 18.3 Å². The van der Waals surface area contributed by atoms with E-state index in [9.17, 15) is 9.59 Å². The molecule has 2 aromatic heterocycles. The average Bonchev–Trinajstić information content (AvgIpc) is 2.95. The van der Waals surface area contributed by atoms with Crippen LogP contribution in [-0.4, -0.2) is 48.3 Å². The van der Waals surface area contributed by atoms with Gasteiger partial charge in [0.25, 0.3) is 0 Å². The highest BCUT2D eigenvalue weighted by Gasteiger charge is 2.21. The maximum absolute atomic E-state index is 12.1. The molecule has 0 bridgehead atoms. The third-order valence-corrected chi connectivity index (χ3v) is 3.16. The van der Waals surface area contributed by atoms with Crippen LogP contribution < -0.4 is 5.32 Å². The van der Waals surface area contributed by atoms with Crippen molar-refractivity contribution in [2.75, 3.05) is 11.9 Å². The number of urea groups is 1. The second kappa shape index (κ2) is 5.19. The van der Waals surface area contributed by atoms with Crippen LogP contribution in [0.15, 0.2) is 24.7 Å². The van der Waals surface area contributed by atoms with Crippen LogP contribution in [0.1, 0.15) is 16.3 Å². The number of carboxylic acids is 1. The van der Waals surface area contributed by atoms with Gasteiger partial charge in [0, 0.05) is 13.1 Å². The molecular formula is C12H12N6O3. The van der Waals surface area contributed by atoms with E-state index in [0.717, 1.165) is 5.82 Å². The number of pyridine rings is 1. The van der Waals surface area contributed by atoms with Crippen LogP contribution in [0.25, 0.3) is 0 Å². The number of anilines is 1. The summed E-state index contributed by atoms with van der Waals surface area (Å²) in [5.41, 5.74) is 0.371. The topological polar surface area (TPSA) is 113 Å². The van der Waals surface area contributed by atoms with Crippen molar-refractivity contribution in [1.82, 2.24) is 24.6 Å². The van der Waals surface area contributed by atoms with Crippen LogP contribution >= 0.6 is 0 Å². The number of hydrogen-bond acceptors (Lipinski definition) is 5. The predicted molar refractivity (Wildman–Crippen MR) is 70.6 cm³/mol. The van der Waals surface area contributed by atoms with Gasteiger partial charge in [0.1, 0.15) is 12.0 Å². The minimum absolute atomic E-state index is 0.0703. The van der Waals surface area contributed by atoms with Crippen molar-refractivity contribution < 1.29 is 14.7 Å². The number of carbonyl (C=O) groups excluding carboxylic acids is 1. The van der Waals surface area contributed by atoms with Gasteiger partial charge in [-0.25, -0.2) is 14.6 Å². The van der Waals surface area contributed by atoms with Crippen molar-refractivity contribution in [2.24, 2.45) is 0 Å². The summed E-state index contributed by atoms with van der Waals surface area (Å²) in [5.74, 6) is -0.376. The molecule has 0 radical (unpaired) electrons. The summed E-state index contributed by atoms with van der Waals surface area (Å²) in [4.78, 5) is 28.2. The lowest BCUT2D eigenvalue weighted by Crippen LogP contribution is -2.40. The van der Waals surface area contributed by atoms with Crippen LogP contribution in [0.5, 0.6) is 0 Å². The number of amides is 2. The number of rotatable bonds is 2. The SMILES string of the molecule is O=C(O)c1ccc(NC(=O)N2CCn3cnnc3C2)cn1. The summed E-state index contributed by atoms with van der Waals surface area (Å²) in [6.45, 7) is 1.58. The molecular weight excluding hydrogens is 276 g/mol. The van der Waals surface area contributed by atoms with Crippen molar-refractivity contribution in [3.05, 3.63) is 36.2 Å². The first-order chi connectivity index (χ1) is 10.1. The molecule has 3 heterocycles. The number of nitrogens with one attached hydrogen (secondary N) is 1. The first-order valence-electron chi connectivity index (χ1n) is 6.25. The minimum atomic E-state index is -1.11. The number of aromatic carboxylic acids is 1. The smallest absolute Gasteiger partial charge is 0.354 e. The maximum atomic E-state index is 12.1. The first-order valence-corrected chi connectivity index (χ1v) is 6.25. The average molecular weight is 288 g/mol. The lowest BCUT2D eigenvalue weighted by molar-refractivity contribution is 0.0690. The fourth-order valence-corrected chi connectivity index (χ4v) is 2.04. The van der Waals surface area contributed by atoms with Crippen LogP contribution in [-0.2, 0) is 13.1 Å². The zero-order valence-electron chi connectivity index (χ0n) is 10.9. The molecule has 0 saturated carbocycles. The van der Waals surface area contributed by atoms with Crippen LogP contribution in [0, 0.1) is 0 Å².